The van der Waals surface area contributed by atoms with Gasteiger partial charge in [-0.05, 0) is 54.0 Å². The van der Waals surface area contributed by atoms with Gasteiger partial charge in [-0.25, -0.2) is 4.79 Å². The van der Waals surface area contributed by atoms with Gasteiger partial charge in [0.2, 0.25) is 11.1 Å². The van der Waals surface area contributed by atoms with Crippen LogP contribution in [0.1, 0.15) is 30.9 Å². The molecule has 9 heteroatoms. The van der Waals surface area contributed by atoms with E-state index in [0.717, 1.165) is 24.1 Å². The molecule has 0 saturated carbocycles. The third-order valence-corrected chi connectivity index (χ3v) is 4.50. The number of rotatable bonds is 7. The van der Waals surface area contributed by atoms with Crippen LogP contribution < -0.4 is 10.6 Å². The number of nitrogens with zero attached hydrogens (tertiary/aromatic N) is 4. The Labute approximate surface area is 150 Å². The molecule has 0 aliphatic rings. The monoisotopic (exact) mass is 362 g/mol. The fraction of sp³-hybridized carbons (Fsp3) is 0.438. The summed E-state index contributed by atoms with van der Waals surface area (Å²) >= 11 is 1.17. The highest BCUT2D eigenvalue weighted by molar-refractivity contribution is 7.99. The summed E-state index contributed by atoms with van der Waals surface area (Å²) in [5, 5.41) is 17.0. The highest BCUT2D eigenvalue weighted by Gasteiger charge is 2.13. The van der Waals surface area contributed by atoms with Gasteiger partial charge in [-0.1, -0.05) is 31.2 Å². The summed E-state index contributed by atoms with van der Waals surface area (Å²) in [4.78, 5) is 23.4. The van der Waals surface area contributed by atoms with Crippen molar-refractivity contribution in [3.05, 3.63) is 29.3 Å². The molecule has 0 atom stereocenters. The normalized spacial score (nSPS) is 10.5. The number of unbranched alkanes of at least 4 members (excludes halogenated alkanes) is 1. The number of carbonyl (C=O) groups excluding carboxylic acids is 2. The van der Waals surface area contributed by atoms with E-state index in [1.807, 2.05) is 39.0 Å². The first-order valence-electron chi connectivity index (χ1n) is 8.07. The van der Waals surface area contributed by atoms with Crippen LogP contribution in [0, 0.1) is 13.8 Å². The number of thioether (sulfide) groups is 1. The van der Waals surface area contributed by atoms with Crippen molar-refractivity contribution in [2.45, 2.75) is 38.8 Å². The Bertz CT molecular complexity index is 746. The van der Waals surface area contributed by atoms with Crippen LogP contribution >= 0.6 is 11.8 Å². The number of hydrogen-bond acceptors (Lipinski definition) is 6. The lowest BCUT2D eigenvalue weighted by Crippen LogP contribution is -2.40. The van der Waals surface area contributed by atoms with Gasteiger partial charge in [0.25, 0.3) is 0 Å². The van der Waals surface area contributed by atoms with E-state index < -0.39 is 11.9 Å². The van der Waals surface area contributed by atoms with Crippen molar-refractivity contribution < 1.29 is 9.59 Å². The molecule has 0 spiro atoms. The minimum Gasteiger partial charge on any atom is -0.338 e. The predicted molar refractivity (Wildman–Crippen MR) is 95.8 cm³/mol. The van der Waals surface area contributed by atoms with Gasteiger partial charge < -0.3 is 5.32 Å². The number of urea groups is 1. The summed E-state index contributed by atoms with van der Waals surface area (Å²) in [5.41, 5.74) is 3.14. The molecular formula is C16H22N6O2S. The van der Waals surface area contributed by atoms with Crippen LogP contribution in [0.2, 0.25) is 0 Å². The van der Waals surface area contributed by atoms with Gasteiger partial charge in [-0.2, -0.15) is 4.68 Å². The fourth-order valence-electron chi connectivity index (χ4n) is 2.00. The maximum atomic E-state index is 11.9. The van der Waals surface area contributed by atoms with Crippen LogP contribution in [0.15, 0.2) is 23.4 Å². The van der Waals surface area contributed by atoms with Crippen LogP contribution in [-0.2, 0) is 4.79 Å². The number of amides is 3. The molecule has 0 radical (unpaired) electrons. The Morgan fingerprint density at radius 2 is 2.04 bits per heavy atom. The Kier molecular flexibility index (Phi) is 6.93. The lowest BCUT2D eigenvalue weighted by Gasteiger charge is -2.07. The number of aromatic nitrogens is 4. The van der Waals surface area contributed by atoms with E-state index in [2.05, 4.69) is 26.2 Å². The number of aryl methyl sites for hydroxylation is 2. The number of carbonyl (C=O) groups is 2. The number of benzene rings is 1. The molecule has 0 fully saturated rings. The maximum Gasteiger partial charge on any atom is 0.321 e. The molecule has 0 aliphatic carbocycles. The molecule has 0 saturated heterocycles. The Morgan fingerprint density at radius 3 is 2.76 bits per heavy atom. The molecule has 2 aromatic rings. The van der Waals surface area contributed by atoms with Crippen LogP contribution in [0.3, 0.4) is 0 Å². The van der Waals surface area contributed by atoms with E-state index in [1.165, 1.54) is 17.3 Å². The summed E-state index contributed by atoms with van der Waals surface area (Å²) in [7, 11) is 0. The molecule has 0 bridgehead atoms. The maximum absolute atomic E-state index is 11.9. The molecule has 25 heavy (non-hydrogen) atoms. The fourth-order valence-corrected chi connectivity index (χ4v) is 2.69. The van der Waals surface area contributed by atoms with Gasteiger partial charge in [0.15, 0.2) is 0 Å². The summed E-state index contributed by atoms with van der Waals surface area (Å²) in [6, 6.07) is 5.42. The minimum absolute atomic E-state index is 0.0480. The summed E-state index contributed by atoms with van der Waals surface area (Å²) < 4.78 is 1.58. The summed E-state index contributed by atoms with van der Waals surface area (Å²) in [5.74, 6) is -0.347. The quantitative estimate of drug-likeness (QED) is 0.577. The van der Waals surface area contributed by atoms with E-state index >= 15 is 0 Å². The van der Waals surface area contributed by atoms with E-state index in [9.17, 15) is 9.59 Å². The first-order valence-corrected chi connectivity index (χ1v) is 9.06. The Morgan fingerprint density at radius 1 is 1.24 bits per heavy atom. The zero-order valence-corrected chi connectivity index (χ0v) is 15.4. The summed E-state index contributed by atoms with van der Waals surface area (Å²) in [6.45, 7) is 6.62. The van der Waals surface area contributed by atoms with Gasteiger partial charge in [0, 0.05) is 6.54 Å². The molecule has 1 aromatic carbocycles. The Hall–Kier alpha value is -2.42. The van der Waals surface area contributed by atoms with Gasteiger partial charge in [-0.15, -0.1) is 5.10 Å². The molecule has 1 heterocycles. The van der Waals surface area contributed by atoms with E-state index in [1.54, 1.807) is 4.68 Å². The molecule has 134 valence electrons. The second-order valence-electron chi connectivity index (χ2n) is 5.59. The lowest BCUT2D eigenvalue weighted by atomic mass is 10.1. The van der Waals surface area contributed by atoms with E-state index in [4.69, 9.17) is 0 Å². The Balaban J connectivity index is 1.91. The van der Waals surface area contributed by atoms with Crippen molar-refractivity contribution in [3.8, 4) is 5.69 Å². The second-order valence-corrected chi connectivity index (χ2v) is 6.53. The molecule has 8 nitrogen and oxygen atoms in total. The first kappa shape index (κ1) is 18.9. The molecule has 1 aromatic heterocycles. The average molecular weight is 362 g/mol. The zero-order valence-electron chi connectivity index (χ0n) is 14.6. The molecular weight excluding hydrogens is 340 g/mol. The van der Waals surface area contributed by atoms with Crippen molar-refractivity contribution in [1.82, 2.24) is 30.8 Å². The minimum atomic E-state index is -0.479. The second kappa shape index (κ2) is 9.16. The summed E-state index contributed by atoms with van der Waals surface area (Å²) in [6.07, 6.45) is 1.85. The first-order chi connectivity index (χ1) is 12.0. The van der Waals surface area contributed by atoms with Gasteiger partial charge >= 0.3 is 6.03 Å². The molecule has 3 amide bonds. The number of hydrogen-bond donors (Lipinski definition) is 2. The predicted octanol–water partition coefficient (Wildman–Crippen LogP) is 2.00. The van der Waals surface area contributed by atoms with Crippen molar-refractivity contribution in [2.24, 2.45) is 0 Å². The molecule has 2 rings (SSSR count). The van der Waals surface area contributed by atoms with E-state index in [-0.39, 0.29) is 5.75 Å². The van der Waals surface area contributed by atoms with Crippen LogP contribution in [0.5, 0.6) is 0 Å². The van der Waals surface area contributed by atoms with Crippen LogP contribution in [-0.4, -0.2) is 44.4 Å². The zero-order chi connectivity index (χ0) is 18.2. The lowest BCUT2D eigenvalue weighted by molar-refractivity contribution is -0.117. The number of nitrogens with one attached hydrogen (secondary N) is 2. The van der Waals surface area contributed by atoms with Crippen LogP contribution in [0.4, 0.5) is 4.79 Å². The SMILES string of the molecule is CCCCNC(=O)NC(=O)CSc1nnnn1-c1ccc(C)c(C)c1. The van der Waals surface area contributed by atoms with Gasteiger partial charge in [-0.3, -0.25) is 10.1 Å². The average Bonchev–Trinajstić information content (AvgIpc) is 3.04. The highest BCUT2D eigenvalue weighted by atomic mass is 32.2. The van der Waals surface area contributed by atoms with Gasteiger partial charge in [0.05, 0.1) is 11.4 Å². The largest absolute Gasteiger partial charge is 0.338 e. The molecule has 0 unspecified atom stereocenters. The van der Waals surface area contributed by atoms with Crippen molar-refractivity contribution in [3.63, 3.8) is 0 Å². The van der Waals surface area contributed by atoms with Crippen LogP contribution in [0.25, 0.3) is 5.69 Å². The van der Waals surface area contributed by atoms with Gasteiger partial charge in [0.1, 0.15) is 0 Å². The number of imide groups is 1. The third-order valence-electron chi connectivity index (χ3n) is 3.58. The van der Waals surface area contributed by atoms with Crippen molar-refractivity contribution in [1.29, 1.82) is 0 Å². The topological polar surface area (TPSA) is 102 Å². The molecule has 2 N–H and O–H groups in total. The smallest absolute Gasteiger partial charge is 0.321 e. The number of tetrazole rings is 1. The van der Waals surface area contributed by atoms with Crippen molar-refractivity contribution in [2.75, 3.05) is 12.3 Å². The standard InChI is InChI=1S/C16H22N6O2S/c1-4-5-8-17-15(24)18-14(23)10-25-16-19-20-21-22(16)13-7-6-11(2)12(3)9-13/h6-7,9H,4-5,8,10H2,1-3H3,(H2,17,18,23,24). The van der Waals surface area contributed by atoms with E-state index in [0.29, 0.717) is 11.7 Å². The van der Waals surface area contributed by atoms with Crippen molar-refractivity contribution >= 4 is 23.7 Å². The highest BCUT2D eigenvalue weighted by Crippen LogP contribution is 2.19. The third kappa shape index (κ3) is 5.56. The molecule has 0 aliphatic heterocycles.